The summed E-state index contributed by atoms with van der Waals surface area (Å²) in [5, 5.41) is 4.46. The largest absolute Gasteiger partial charge is 0.383 e. The van der Waals surface area contributed by atoms with Crippen LogP contribution in [-0.2, 0) is 18.3 Å². The number of carbonyl (C=O) groups excluding carboxylic acids is 1. The molecule has 3 heterocycles. The molecule has 1 saturated carbocycles. The summed E-state index contributed by atoms with van der Waals surface area (Å²) in [6.45, 7) is 5.45. The van der Waals surface area contributed by atoms with Crippen molar-refractivity contribution in [3.05, 3.63) is 41.1 Å². The number of amides is 1. The van der Waals surface area contributed by atoms with Crippen molar-refractivity contribution in [1.82, 2.24) is 29.2 Å². The molecule has 0 N–H and O–H groups in total. The summed E-state index contributed by atoms with van der Waals surface area (Å²) in [5.74, 6) is -0.0740. The van der Waals surface area contributed by atoms with Crippen LogP contribution in [0.1, 0.15) is 46.2 Å². The van der Waals surface area contributed by atoms with Crippen molar-refractivity contribution in [2.24, 2.45) is 7.05 Å². The Balaban J connectivity index is 1.62. The van der Waals surface area contributed by atoms with Crippen molar-refractivity contribution in [3.8, 4) is 0 Å². The van der Waals surface area contributed by atoms with E-state index in [2.05, 4.69) is 19.6 Å². The molecule has 0 atom stereocenters. The third-order valence-electron chi connectivity index (χ3n) is 5.46. The highest BCUT2D eigenvalue weighted by atomic mass is 16.5. The molecule has 0 spiro atoms. The van der Waals surface area contributed by atoms with Crippen molar-refractivity contribution < 1.29 is 9.53 Å². The molecule has 1 aliphatic carbocycles. The highest BCUT2D eigenvalue weighted by Crippen LogP contribution is 2.36. The van der Waals surface area contributed by atoms with Gasteiger partial charge >= 0.3 is 0 Å². The monoisotopic (exact) mass is 382 g/mol. The van der Waals surface area contributed by atoms with Crippen LogP contribution >= 0.6 is 0 Å². The number of imidazole rings is 1. The number of ether oxygens (including phenoxy) is 1. The van der Waals surface area contributed by atoms with Crippen LogP contribution in [0.25, 0.3) is 11.2 Å². The first kappa shape index (κ1) is 18.6. The van der Waals surface area contributed by atoms with Gasteiger partial charge in [-0.3, -0.25) is 9.48 Å². The molecule has 4 rings (SSSR count). The summed E-state index contributed by atoms with van der Waals surface area (Å²) in [6.07, 6.45) is 5.83. The number of nitrogens with zero attached hydrogens (tertiary/aromatic N) is 6. The van der Waals surface area contributed by atoms with E-state index in [-0.39, 0.29) is 5.91 Å². The lowest BCUT2D eigenvalue weighted by atomic mass is 10.1. The SMILES string of the molecule is COCCN(Cc1c(C)nn(C)c1C)C(=O)c1cnc2c(c1)ncn2C1CC1. The number of pyridine rings is 1. The average Bonchev–Trinajstić information content (AvgIpc) is 3.40. The quantitative estimate of drug-likeness (QED) is 0.627. The molecule has 1 fully saturated rings. The molecular formula is C20H26N6O2. The maximum Gasteiger partial charge on any atom is 0.255 e. The number of aromatic nitrogens is 5. The number of rotatable bonds is 7. The zero-order valence-corrected chi connectivity index (χ0v) is 16.8. The van der Waals surface area contributed by atoms with E-state index in [1.807, 2.05) is 38.0 Å². The Morgan fingerprint density at radius 2 is 2.11 bits per heavy atom. The standard InChI is InChI=1S/C20H26N6O2/c1-13-17(14(2)24(3)23-13)11-25(7-8-28-4)20(27)15-9-18-19(21-10-15)26(12-22-18)16-5-6-16/h9-10,12,16H,5-8,11H2,1-4H3. The van der Waals surface area contributed by atoms with Crippen LogP contribution in [0, 0.1) is 13.8 Å². The van der Waals surface area contributed by atoms with Crippen molar-refractivity contribution in [3.63, 3.8) is 0 Å². The number of hydrogen-bond donors (Lipinski definition) is 0. The molecule has 0 bridgehead atoms. The van der Waals surface area contributed by atoms with Gasteiger partial charge in [0.15, 0.2) is 5.65 Å². The van der Waals surface area contributed by atoms with E-state index in [4.69, 9.17) is 4.74 Å². The summed E-state index contributed by atoms with van der Waals surface area (Å²) in [6, 6.07) is 2.35. The molecule has 0 aliphatic heterocycles. The fourth-order valence-corrected chi connectivity index (χ4v) is 3.53. The molecule has 0 aromatic carbocycles. The molecule has 28 heavy (non-hydrogen) atoms. The molecular weight excluding hydrogens is 356 g/mol. The number of fused-ring (bicyclic) bond motifs is 1. The minimum atomic E-state index is -0.0740. The van der Waals surface area contributed by atoms with E-state index in [0.717, 1.165) is 28.1 Å². The van der Waals surface area contributed by atoms with E-state index in [1.54, 1.807) is 18.2 Å². The Kier molecular flexibility index (Phi) is 4.89. The van der Waals surface area contributed by atoms with Crippen LogP contribution < -0.4 is 0 Å². The summed E-state index contributed by atoms with van der Waals surface area (Å²) in [4.78, 5) is 24.0. The predicted octanol–water partition coefficient (Wildman–Crippen LogP) is 2.41. The normalized spacial score (nSPS) is 14.0. The number of hydrogen-bond acceptors (Lipinski definition) is 5. The van der Waals surface area contributed by atoms with Crippen molar-refractivity contribution in [1.29, 1.82) is 0 Å². The Labute approximate surface area is 164 Å². The molecule has 0 saturated heterocycles. The molecule has 0 unspecified atom stereocenters. The molecule has 8 heteroatoms. The first-order valence-electron chi connectivity index (χ1n) is 9.59. The topological polar surface area (TPSA) is 78.1 Å². The van der Waals surface area contributed by atoms with Gasteiger partial charge in [-0.2, -0.15) is 5.10 Å². The van der Waals surface area contributed by atoms with Gasteiger partial charge in [0.05, 0.1) is 24.2 Å². The summed E-state index contributed by atoms with van der Waals surface area (Å²) in [5.41, 5.74) is 5.22. The van der Waals surface area contributed by atoms with Crippen molar-refractivity contribution in [2.45, 2.75) is 39.3 Å². The van der Waals surface area contributed by atoms with Gasteiger partial charge in [-0.25, -0.2) is 9.97 Å². The maximum atomic E-state index is 13.2. The zero-order chi connectivity index (χ0) is 19.8. The van der Waals surface area contributed by atoms with E-state index < -0.39 is 0 Å². The van der Waals surface area contributed by atoms with Crippen LogP contribution in [0.5, 0.6) is 0 Å². The third kappa shape index (κ3) is 3.40. The molecule has 0 radical (unpaired) electrons. The fraction of sp³-hybridized carbons (Fsp3) is 0.500. The molecule has 8 nitrogen and oxygen atoms in total. The molecule has 1 amide bonds. The van der Waals surface area contributed by atoms with Crippen LogP contribution in [-0.4, -0.2) is 55.4 Å². The van der Waals surface area contributed by atoms with Gasteiger partial charge < -0.3 is 14.2 Å². The van der Waals surface area contributed by atoms with E-state index in [0.29, 0.717) is 31.3 Å². The zero-order valence-electron chi connectivity index (χ0n) is 16.8. The van der Waals surface area contributed by atoms with Crippen molar-refractivity contribution >= 4 is 17.1 Å². The second-order valence-electron chi connectivity index (χ2n) is 7.44. The lowest BCUT2D eigenvalue weighted by Gasteiger charge is -2.22. The first-order valence-corrected chi connectivity index (χ1v) is 9.59. The Bertz CT molecular complexity index is 1020. The second-order valence-corrected chi connectivity index (χ2v) is 7.44. The minimum absolute atomic E-state index is 0.0740. The number of carbonyl (C=O) groups is 1. The number of methoxy groups -OCH3 is 1. The van der Waals surface area contributed by atoms with Gasteiger partial charge in [0.1, 0.15) is 5.52 Å². The molecule has 148 valence electrons. The Morgan fingerprint density at radius 1 is 1.32 bits per heavy atom. The van der Waals surface area contributed by atoms with Crippen LogP contribution in [0.4, 0.5) is 0 Å². The number of aryl methyl sites for hydroxylation is 2. The summed E-state index contributed by atoms with van der Waals surface area (Å²) < 4.78 is 9.18. The van der Waals surface area contributed by atoms with E-state index in [9.17, 15) is 4.79 Å². The lowest BCUT2D eigenvalue weighted by molar-refractivity contribution is 0.0679. The van der Waals surface area contributed by atoms with Crippen LogP contribution in [0.15, 0.2) is 18.6 Å². The summed E-state index contributed by atoms with van der Waals surface area (Å²) in [7, 11) is 3.56. The average molecular weight is 382 g/mol. The van der Waals surface area contributed by atoms with Gasteiger partial charge in [-0.15, -0.1) is 0 Å². The highest BCUT2D eigenvalue weighted by molar-refractivity contribution is 5.96. The molecule has 3 aromatic heterocycles. The minimum Gasteiger partial charge on any atom is -0.383 e. The van der Waals surface area contributed by atoms with Gasteiger partial charge in [0, 0.05) is 50.7 Å². The first-order chi connectivity index (χ1) is 13.5. The van der Waals surface area contributed by atoms with Gasteiger partial charge in [-0.1, -0.05) is 0 Å². The third-order valence-corrected chi connectivity index (χ3v) is 5.46. The van der Waals surface area contributed by atoms with Gasteiger partial charge in [-0.05, 0) is 32.8 Å². The maximum absolute atomic E-state index is 13.2. The predicted molar refractivity (Wildman–Crippen MR) is 105 cm³/mol. The molecule has 3 aromatic rings. The van der Waals surface area contributed by atoms with Gasteiger partial charge in [0.25, 0.3) is 5.91 Å². The van der Waals surface area contributed by atoms with Crippen LogP contribution in [0.2, 0.25) is 0 Å². The van der Waals surface area contributed by atoms with E-state index >= 15 is 0 Å². The Hall–Kier alpha value is -2.74. The van der Waals surface area contributed by atoms with Gasteiger partial charge in [0.2, 0.25) is 0 Å². The fourth-order valence-electron chi connectivity index (χ4n) is 3.53. The van der Waals surface area contributed by atoms with Crippen molar-refractivity contribution in [2.75, 3.05) is 20.3 Å². The smallest absolute Gasteiger partial charge is 0.255 e. The van der Waals surface area contributed by atoms with Crippen LogP contribution in [0.3, 0.4) is 0 Å². The molecule has 1 aliphatic rings. The Morgan fingerprint density at radius 3 is 2.75 bits per heavy atom. The second kappa shape index (κ2) is 7.35. The van der Waals surface area contributed by atoms with E-state index in [1.165, 1.54) is 12.8 Å². The summed E-state index contributed by atoms with van der Waals surface area (Å²) >= 11 is 0. The highest BCUT2D eigenvalue weighted by Gasteiger charge is 2.26. The lowest BCUT2D eigenvalue weighted by Crippen LogP contribution is -2.34.